The molecular formula is C15H24N2O. The van der Waals surface area contributed by atoms with E-state index < -0.39 is 0 Å². The van der Waals surface area contributed by atoms with Gasteiger partial charge < -0.3 is 10.1 Å². The first kappa shape index (κ1) is 13.5. The molecule has 0 radical (unpaired) electrons. The minimum absolute atomic E-state index is 0.475. The summed E-state index contributed by atoms with van der Waals surface area (Å²) in [5.74, 6) is 0. The lowest BCUT2D eigenvalue weighted by Gasteiger charge is -2.39. The fourth-order valence-electron chi connectivity index (χ4n) is 2.56. The Morgan fingerprint density at radius 1 is 1.33 bits per heavy atom. The predicted octanol–water partition coefficient (Wildman–Crippen LogP) is 2.06. The Labute approximate surface area is 110 Å². The van der Waals surface area contributed by atoms with Crippen LogP contribution in [0.3, 0.4) is 0 Å². The summed E-state index contributed by atoms with van der Waals surface area (Å²) in [7, 11) is 0. The number of benzene rings is 1. The van der Waals surface area contributed by atoms with E-state index >= 15 is 0 Å². The molecule has 1 saturated heterocycles. The number of ether oxygens (including phenoxy) is 1. The highest BCUT2D eigenvalue weighted by Gasteiger charge is 2.26. The molecule has 2 atom stereocenters. The van der Waals surface area contributed by atoms with Crippen LogP contribution in [0, 0.1) is 0 Å². The molecule has 0 aliphatic carbocycles. The van der Waals surface area contributed by atoms with Crippen LogP contribution in [0.4, 0.5) is 0 Å². The zero-order chi connectivity index (χ0) is 12.8. The van der Waals surface area contributed by atoms with Crippen molar-refractivity contribution in [3.63, 3.8) is 0 Å². The van der Waals surface area contributed by atoms with E-state index in [9.17, 15) is 0 Å². The van der Waals surface area contributed by atoms with Gasteiger partial charge in [-0.2, -0.15) is 0 Å². The molecule has 1 heterocycles. The molecule has 2 unspecified atom stereocenters. The summed E-state index contributed by atoms with van der Waals surface area (Å²) >= 11 is 0. The van der Waals surface area contributed by atoms with Gasteiger partial charge in [-0.15, -0.1) is 0 Å². The van der Waals surface area contributed by atoms with Crippen LogP contribution in [0.2, 0.25) is 0 Å². The third-order valence-corrected chi connectivity index (χ3v) is 3.52. The summed E-state index contributed by atoms with van der Waals surface area (Å²) in [5.41, 5.74) is 1.40. The second kappa shape index (κ2) is 6.88. The Morgan fingerprint density at radius 2 is 2.11 bits per heavy atom. The molecule has 0 amide bonds. The van der Waals surface area contributed by atoms with Gasteiger partial charge in [0, 0.05) is 38.3 Å². The summed E-state index contributed by atoms with van der Waals surface area (Å²) in [6.07, 6.45) is 0. The van der Waals surface area contributed by atoms with Crippen molar-refractivity contribution in [3.8, 4) is 0 Å². The predicted molar refractivity (Wildman–Crippen MR) is 74.7 cm³/mol. The summed E-state index contributed by atoms with van der Waals surface area (Å²) in [4.78, 5) is 2.53. The average molecular weight is 248 g/mol. The Morgan fingerprint density at radius 3 is 2.83 bits per heavy atom. The number of piperazine rings is 1. The van der Waals surface area contributed by atoms with Crippen LogP contribution in [0.1, 0.15) is 25.5 Å². The Bertz CT molecular complexity index is 342. The molecule has 100 valence electrons. The van der Waals surface area contributed by atoms with Crippen molar-refractivity contribution in [3.05, 3.63) is 35.9 Å². The number of hydrogen-bond donors (Lipinski definition) is 1. The lowest BCUT2D eigenvalue weighted by molar-refractivity contribution is 0.0724. The second-order valence-corrected chi connectivity index (χ2v) is 4.93. The van der Waals surface area contributed by atoms with Crippen molar-refractivity contribution < 1.29 is 4.74 Å². The highest BCUT2D eigenvalue weighted by Crippen LogP contribution is 2.22. The molecule has 3 heteroatoms. The van der Waals surface area contributed by atoms with Gasteiger partial charge in [-0.3, -0.25) is 4.90 Å². The molecule has 1 N–H and O–H groups in total. The van der Waals surface area contributed by atoms with Crippen LogP contribution in [0.15, 0.2) is 30.3 Å². The highest BCUT2D eigenvalue weighted by molar-refractivity contribution is 5.20. The third kappa shape index (κ3) is 3.55. The maximum Gasteiger partial charge on any atom is 0.0593 e. The zero-order valence-corrected chi connectivity index (χ0v) is 11.4. The SMILES string of the molecule is CCOCCN1CC(C)NCC1c1ccccc1. The van der Waals surface area contributed by atoms with Crippen molar-refractivity contribution in [1.29, 1.82) is 0 Å². The quantitative estimate of drug-likeness (QED) is 0.807. The molecule has 2 rings (SSSR count). The number of hydrogen-bond acceptors (Lipinski definition) is 3. The largest absolute Gasteiger partial charge is 0.380 e. The first-order valence-electron chi connectivity index (χ1n) is 6.91. The van der Waals surface area contributed by atoms with Gasteiger partial charge in [0.15, 0.2) is 0 Å². The number of nitrogens with one attached hydrogen (secondary N) is 1. The standard InChI is InChI=1S/C15H24N2O/c1-3-18-10-9-17-12-13(2)16-11-15(17)14-7-5-4-6-8-14/h4-8,13,15-16H,3,9-12H2,1-2H3. The molecule has 0 saturated carbocycles. The van der Waals surface area contributed by atoms with Crippen molar-refractivity contribution in [2.24, 2.45) is 0 Å². The normalized spacial score (nSPS) is 25.2. The lowest BCUT2D eigenvalue weighted by atomic mass is 10.0. The topological polar surface area (TPSA) is 24.5 Å². The highest BCUT2D eigenvalue weighted by atomic mass is 16.5. The van der Waals surface area contributed by atoms with Gasteiger partial charge in [-0.05, 0) is 19.4 Å². The molecular weight excluding hydrogens is 224 g/mol. The molecule has 0 bridgehead atoms. The third-order valence-electron chi connectivity index (χ3n) is 3.52. The van der Waals surface area contributed by atoms with Gasteiger partial charge in [0.25, 0.3) is 0 Å². The van der Waals surface area contributed by atoms with Crippen LogP contribution < -0.4 is 5.32 Å². The van der Waals surface area contributed by atoms with Gasteiger partial charge in [0.05, 0.1) is 6.61 Å². The summed E-state index contributed by atoms with van der Waals surface area (Å²) in [6, 6.07) is 11.8. The minimum atomic E-state index is 0.475. The molecule has 0 spiro atoms. The summed E-state index contributed by atoms with van der Waals surface area (Å²) < 4.78 is 5.49. The molecule has 18 heavy (non-hydrogen) atoms. The first-order valence-corrected chi connectivity index (χ1v) is 6.91. The number of nitrogens with zero attached hydrogens (tertiary/aromatic N) is 1. The van der Waals surface area contributed by atoms with Crippen LogP contribution in [-0.2, 0) is 4.74 Å². The number of rotatable bonds is 5. The monoisotopic (exact) mass is 248 g/mol. The molecule has 0 aromatic heterocycles. The van der Waals surface area contributed by atoms with Gasteiger partial charge in [-0.25, -0.2) is 0 Å². The Hall–Kier alpha value is -0.900. The van der Waals surface area contributed by atoms with E-state index in [1.54, 1.807) is 0 Å². The Kier molecular flexibility index (Phi) is 5.17. The van der Waals surface area contributed by atoms with Crippen LogP contribution in [-0.4, -0.2) is 43.8 Å². The molecule has 3 nitrogen and oxygen atoms in total. The Balaban J connectivity index is 2.01. The molecule has 1 aromatic rings. The first-order chi connectivity index (χ1) is 8.81. The van der Waals surface area contributed by atoms with Crippen molar-refractivity contribution in [2.75, 3.05) is 32.8 Å². The maximum absolute atomic E-state index is 5.49. The van der Waals surface area contributed by atoms with Gasteiger partial charge in [0.1, 0.15) is 0 Å². The maximum atomic E-state index is 5.49. The second-order valence-electron chi connectivity index (χ2n) is 4.93. The van der Waals surface area contributed by atoms with Crippen molar-refractivity contribution in [1.82, 2.24) is 10.2 Å². The average Bonchev–Trinajstić information content (AvgIpc) is 2.40. The lowest BCUT2D eigenvalue weighted by Crippen LogP contribution is -2.51. The zero-order valence-electron chi connectivity index (χ0n) is 11.4. The van der Waals surface area contributed by atoms with Crippen LogP contribution in [0.5, 0.6) is 0 Å². The van der Waals surface area contributed by atoms with E-state index in [-0.39, 0.29) is 0 Å². The minimum Gasteiger partial charge on any atom is -0.380 e. The van der Waals surface area contributed by atoms with E-state index in [0.29, 0.717) is 12.1 Å². The van der Waals surface area contributed by atoms with Crippen LogP contribution in [0.25, 0.3) is 0 Å². The van der Waals surface area contributed by atoms with E-state index in [4.69, 9.17) is 4.74 Å². The molecule has 1 aliphatic rings. The van der Waals surface area contributed by atoms with E-state index in [2.05, 4.69) is 54.4 Å². The van der Waals surface area contributed by atoms with E-state index in [1.165, 1.54) is 5.56 Å². The van der Waals surface area contributed by atoms with Crippen molar-refractivity contribution in [2.45, 2.75) is 25.9 Å². The van der Waals surface area contributed by atoms with E-state index in [0.717, 1.165) is 32.8 Å². The van der Waals surface area contributed by atoms with E-state index in [1.807, 2.05) is 0 Å². The van der Waals surface area contributed by atoms with Gasteiger partial charge >= 0.3 is 0 Å². The molecule has 1 aliphatic heterocycles. The van der Waals surface area contributed by atoms with Gasteiger partial charge in [-0.1, -0.05) is 30.3 Å². The fraction of sp³-hybridized carbons (Fsp3) is 0.600. The van der Waals surface area contributed by atoms with Gasteiger partial charge in [0.2, 0.25) is 0 Å². The van der Waals surface area contributed by atoms with Crippen LogP contribution >= 0.6 is 0 Å². The summed E-state index contributed by atoms with van der Waals surface area (Å²) in [6.45, 7) is 9.05. The fourth-order valence-corrected chi connectivity index (χ4v) is 2.56. The molecule has 1 fully saturated rings. The smallest absolute Gasteiger partial charge is 0.0593 e. The summed E-state index contributed by atoms with van der Waals surface area (Å²) in [5, 5.41) is 3.57. The van der Waals surface area contributed by atoms with Crippen molar-refractivity contribution >= 4 is 0 Å². The molecule has 1 aromatic carbocycles.